The summed E-state index contributed by atoms with van der Waals surface area (Å²) in [7, 11) is 0. The van der Waals surface area contributed by atoms with Crippen LogP contribution in [0.25, 0.3) is 10.1 Å². The van der Waals surface area contributed by atoms with Gasteiger partial charge >= 0.3 is 0 Å². The minimum absolute atomic E-state index is 0.0916. The summed E-state index contributed by atoms with van der Waals surface area (Å²) in [6, 6.07) is 3.68. The molecule has 2 aromatic heterocycles. The smallest absolute Gasteiger partial charge is 0.259 e. The molecule has 4 nitrogen and oxygen atoms in total. The fourth-order valence-electron chi connectivity index (χ4n) is 1.75. The van der Waals surface area contributed by atoms with Crippen LogP contribution in [-0.2, 0) is 11.3 Å². The minimum Gasteiger partial charge on any atom is -0.355 e. The van der Waals surface area contributed by atoms with Gasteiger partial charge in [0.15, 0.2) is 0 Å². The summed E-state index contributed by atoms with van der Waals surface area (Å²) in [4.78, 5) is 23.7. The molecule has 2 aromatic rings. The van der Waals surface area contributed by atoms with Gasteiger partial charge in [0.05, 0.1) is 5.39 Å². The fourth-order valence-corrected chi connectivity index (χ4v) is 2.52. The van der Waals surface area contributed by atoms with Gasteiger partial charge in [-0.05, 0) is 23.9 Å². The van der Waals surface area contributed by atoms with Crippen molar-refractivity contribution >= 4 is 27.3 Å². The van der Waals surface area contributed by atoms with Crippen LogP contribution in [0.5, 0.6) is 0 Å². The van der Waals surface area contributed by atoms with Crippen molar-refractivity contribution in [2.75, 3.05) is 6.54 Å². The van der Waals surface area contributed by atoms with Crippen molar-refractivity contribution in [2.24, 2.45) is 0 Å². The number of hydrogen-bond donors (Lipinski definition) is 1. The Labute approximate surface area is 109 Å². The van der Waals surface area contributed by atoms with E-state index < -0.39 is 0 Å². The first kappa shape index (κ1) is 12.8. The number of fused-ring (bicyclic) bond motifs is 1. The maximum absolute atomic E-state index is 12.0. The van der Waals surface area contributed by atoms with Gasteiger partial charge in [0.2, 0.25) is 5.91 Å². The second-order valence-corrected chi connectivity index (χ2v) is 5.10. The molecule has 0 spiro atoms. The van der Waals surface area contributed by atoms with Gasteiger partial charge in [0.1, 0.15) is 6.54 Å². The Balaban J connectivity index is 2.09. The number of nitrogens with one attached hydrogen (secondary N) is 1. The highest BCUT2D eigenvalue weighted by molar-refractivity contribution is 7.17. The molecule has 1 N–H and O–H groups in total. The normalized spacial score (nSPS) is 10.7. The number of unbranched alkanes of at least 4 members (excludes halogenated alkanes) is 1. The van der Waals surface area contributed by atoms with Crippen LogP contribution in [0.2, 0.25) is 0 Å². The van der Waals surface area contributed by atoms with Crippen molar-refractivity contribution in [3.63, 3.8) is 0 Å². The first-order chi connectivity index (χ1) is 8.72. The van der Waals surface area contributed by atoms with E-state index in [1.54, 1.807) is 12.3 Å². The van der Waals surface area contributed by atoms with E-state index in [0.717, 1.165) is 17.5 Å². The average molecular weight is 264 g/mol. The van der Waals surface area contributed by atoms with Crippen LogP contribution in [0.1, 0.15) is 19.8 Å². The molecule has 0 saturated carbocycles. The largest absolute Gasteiger partial charge is 0.355 e. The SMILES string of the molecule is CCCCNC(=O)Cn1ccc2sccc2c1=O. The van der Waals surface area contributed by atoms with Crippen molar-refractivity contribution < 1.29 is 4.79 Å². The third-order valence-corrected chi connectivity index (χ3v) is 3.64. The molecule has 0 saturated heterocycles. The van der Waals surface area contributed by atoms with Crippen molar-refractivity contribution in [3.8, 4) is 0 Å². The predicted molar refractivity (Wildman–Crippen MR) is 74.0 cm³/mol. The van der Waals surface area contributed by atoms with Crippen molar-refractivity contribution in [1.82, 2.24) is 9.88 Å². The topological polar surface area (TPSA) is 51.1 Å². The number of carbonyl (C=O) groups excluding carboxylic acids is 1. The number of aromatic nitrogens is 1. The van der Waals surface area contributed by atoms with Gasteiger partial charge in [-0.25, -0.2) is 0 Å². The van der Waals surface area contributed by atoms with Crippen LogP contribution in [0, 0.1) is 0 Å². The van der Waals surface area contributed by atoms with Crippen LogP contribution < -0.4 is 10.9 Å². The van der Waals surface area contributed by atoms with Gasteiger partial charge in [0.25, 0.3) is 5.56 Å². The molecule has 96 valence electrons. The van der Waals surface area contributed by atoms with E-state index in [0.29, 0.717) is 11.9 Å². The summed E-state index contributed by atoms with van der Waals surface area (Å²) >= 11 is 1.53. The van der Waals surface area contributed by atoms with Crippen molar-refractivity contribution in [2.45, 2.75) is 26.3 Å². The van der Waals surface area contributed by atoms with Gasteiger partial charge in [-0.2, -0.15) is 0 Å². The van der Waals surface area contributed by atoms with Crippen molar-refractivity contribution in [3.05, 3.63) is 34.1 Å². The number of carbonyl (C=O) groups is 1. The zero-order valence-corrected chi connectivity index (χ0v) is 11.1. The maximum atomic E-state index is 12.0. The molecule has 0 aromatic carbocycles. The Morgan fingerprint density at radius 3 is 3.06 bits per heavy atom. The molecule has 0 bridgehead atoms. The summed E-state index contributed by atoms with van der Waals surface area (Å²) in [5.41, 5.74) is -0.0978. The molecule has 1 amide bonds. The number of amides is 1. The summed E-state index contributed by atoms with van der Waals surface area (Å²) in [5.74, 6) is -0.111. The highest BCUT2D eigenvalue weighted by Crippen LogP contribution is 2.15. The van der Waals surface area contributed by atoms with E-state index in [4.69, 9.17) is 0 Å². The van der Waals surface area contributed by atoms with Gasteiger partial charge in [0, 0.05) is 17.4 Å². The van der Waals surface area contributed by atoms with E-state index in [1.165, 1.54) is 15.9 Å². The van der Waals surface area contributed by atoms with Crippen molar-refractivity contribution in [1.29, 1.82) is 0 Å². The third-order valence-electron chi connectivity index (χ3n) is 2.76. The molecule has 0 fully saturated rings. The molecule has 0 aliphatic heterocycles. The van der Waals surface area contributed by atoms with Crippen LogP contribution >= 0.6 is 11.3 Å². The lowest BCUT2D eigenvalue weighted by molar-refractivity contribution is -0.121. The lowest BCUT2D eigenvalue weighted by Crippen LogP contribution is -2.32. The van der Waals surface area contributed by atoms with E-state index >= 15 is 0 Å². The highest BCUT2D eigenvalue weighted by Gasteiger charge is 2.07. The van der Waals surface area contributed by atoms with Gasteiger partial charge in [-0.3, -0.25) is 9.59 Å². The van der Waals surface area contributed by atoms with Crippen LogP contribution in [0.4, 0.5) is 0 Å². The molecule has 2 heterocycles. The van der Waals surface area contributed by atoms with E-state index in [9.17, 15) is 9.59 Å². The first-order valence-corrected chi connectivity index (χ1v) is 6.93. The summed E-state index contributed by atoms with van der Waals surface area (Å²) in [6.07, 6.45) is 3.69. The molecule has 18 heavy (non-hydrogen) atoms. The fraction of sp³-hybridized carbons (Fsp3) is 0.385. The Morgan fingerprint density at radius 1 is 1.44 bits per heavy atom. The molecular formula is C13H16N2O2S. The molecular weight excluding hydrogens is 248 g/mol. The Morgan fingerprint density at radius 2 is 2.28 bits per heavy atom. The second kappa shape index (κ2) is 5.82. The number of hydrogen-bond acceptors (Lipinski definition) is 3. The zero-order chi connectivity index (χ0) is 13.0. The zero-order valence-electron chi connectivity index (χ0n) is 10.3. The predicted octanol–water partition coefficient (Wildman–Crippen LogP) is 1.98. The minimum atomic E-state index is -0.111. The maximum Gasteiger partial charge on any atom is 0.259 e. The van der Waals surface area contributed by atoms with Gasteiger partial charge < -0.3 is 9.88 Å². The van der Waals surface area contributed by atoms with E-state index in [-0.39, 0.29) is 18.0 Å². The average Bonchev–Trinajstić information content (AvgIpc) is 2.82. The second-order valence-electron chi connectivity index (χ2n) is 4.15. The quantitative estimate of drug-likeness (QED) is 0.840. The lowest BCUT2D eigenvalue weighted by Gasteiger charge is -2.06. The summed E-state index contributed by atoms with van der Waals surface area (Å²) in [6.45, 7) is 2.83. The Bertz CT molecular complexity index is 600. The molecule has 2 rings (SSSR count). The van der Waals surface area contributed by atoms with Crippen LogP contribution in [-0.4, -0.2) is 17.0 Å². The molecule has 0 radical (unpaired) electrons. The van der Waals surface area contributed by atoms with E-state index in [1.807, 2.05) is 11.4 Å². The molecule has 0 atom stereocenters. The number of nitrogens with zero attached hydrogens (tertiary/aromatic N) is 1. The molecule has 0 unspecified atom stereocenters. The monoisotopic (exact) mass is 264 g/mol. The van der Waals surface area contributed by atoms with Crippen LogP contribution in [0.3, 0.4) is 0 Å². The Kier molecular flexibility index (Phi) is 4.15. The Hall–Kier alpha value is -1.62. The number of thiophene rings is 1. The molecule has 5 heteroatoms. The highest BCUT2D eigenvalue weighted by atomic mass is 32.1. The molecule has 0 aliphatic rings. The summed E-state index contributed by atoms with van der Waals surface area (Å²) in [5, 5.41) is 5.38. The molecule has 0 aliphatic carbocycles. The van der Waals surface area contributed by atoms with E-state index in [2.05, 4.69) is 12.2 Å². The first-order valence-electron chi connectivity index (χ1n) is 6.05. The lowest BCUT2D eigenvalue weighted by atomic mass is 10.3. The summed E-state index contributed by atoms with van der Waals surface area (Å²) < 4.78 is 2.42. The van der Waals surface area contributed by atoms with Crippen LogP contribution in [0.15, 0.2) is 28.5 Å². The van der Waals surface area contributed by atoms with Gasteiger partial charge in [-0.1, -0.05) is 13.3 Å². The standard InChI is InChI=1S/C13H16N2O2S/c1-2-3-6-14-12(16)9-15-7-4-11-10(13(15)17)5-8-18-11/h4-5,7-8H,2-3,6,9H2,1H3,(H,14,16). The van der Waals surface area contributed by atoms with Gasteiger partial charge in [-0.15, -0.1) is 11.3 Å². The number of rotatable bonds is 5. The third kappa shape index (κ3) is 2.79. The number of pyridine rings is 1.